The highest BCUT2D eigenvalue weighted by molar-refractivity contribution is 6.23. The molecule has 8 nitrogen and oxygen atoms in total. The number of nitrogens with zero attached hydrogens (tertiary/aromatic N) is 2. The van der Waals surface area contributed by atoms with Gasteiger partial charge in [0.2, 0.25) is 11.8 Å². The van der Waals surface area contributed by atoms with E-state index in [-0.39, 0.29) is 47.5 Å². The first-order valence-corrected chi connectivity index (χ1v) is 15.5. The Morgan fingerprint density at radius 3 is 2.41 bits per heavy atom. The lowest BCUT2D eigenvalue weighted by Crippen LogP contribution is -2.47. The SMILES string of the molecule is COc1ccc(C2C3=CCC4C(=O)N(C5CCN(Cc6ccccc6)CC5)C(=O)C4C3CC3=C2C(=O)C(C)=CC3=O)cc1O. The molecule has 1 N–H and O–H groups in total. The van der Waals surface area contributed by atoms with E-state index in [9.17, 15) is 24.3 Å². The van der Waals surface area contributed by atoms with Gasteiger partial charge in [0, 0.05) is 48.3 Å². The molecule has 2 fully saturated rings. The molecule has 0 spiro atoms. The molecule has 44 heavy (non-hydrogen) atoms. The number of ketones is 2. The molecular formula is C36H36N2O6. The van der Waals surface area contributed by atoms with Crippen molar-refractivity contribution in [2.24, 2.45) is 17.8 Å². The zero-order valence-electron chi connectivity index (χ0n) is 25.0. The number of phenols is 1. The average Bonchev–Trinajstić information content (AvgIpc) is 3.29. The molecule has 3 aliphatic carbocycles. The molecule has 5 aliphatic rings. The Morgan fingerprint density at radius 1 is 0.955 bits per heavy atom. The van der Waals surface area contributed by atoms with E-state index in [4.69, 9.17) is 4.74 Å². The van der Waals surface area contributed by atoms with Gasteiger partial charge in [-0.2, -0.15) is 0 Å². The van der Waals surface area contributed by atoms with E-state index >= 15 is 0 Å². The summed E-state index contributed by atoms with van der Waals surface area (Å²) in [6.07, 6.45) is 5.52. The Bertz CT molecular complexity index is 1660. The zero-order valence-corrected chi connectivity index (χ0v) is 25.0. The van der Waals surface area contributed by atoms with Crippen molar-refractivity contribution in [3.63, 3.8) is 0 Å². The van der Waals surface area contributed by atoms with Crippen molar-refractivity contribution in [1.82, 2.24) is 9.80 Å². The van der Waals surface area contributed by atoms with Crippen LogP contribution < -0.4 is 4.74 Å². The van der Waals surface area contributed by atoms with Crippen molar-refractivity contribution < 1.29 is 29.0 Å². The number of amides is 2. The van der Waals surface area contributed by atoms with Gasteiger partial charge in [-0.1, -0.05) is 48.0 Å². The number of benzene rings is 2. The van der Waals surface area contributed by atoms with E-state index in [1.54, 1.807) is 30.0 Å². The molecule has 4 atom stereocenters. The van der Waals surface area contributed by atoms with Gasteiger partial charge < -0.3 is 9.84 Å². The number of allylic oxidation sites excluding steroid dienone is 6. The van der Waals surface area contributed by atoms with Gasteiger partial charge in [0.05, 0.1) is 18.9 Å². The third kappa shape index (κ3) is 4.54. The van der Waals surface area contributed by atoms with Crippen molar-refractivity contribution in [2.75, 3.05) is 20.2 Å². The number of carbonyl (C=O) groups excluding carboxylic acids is 4. The van der Waals surface area contributed by atoms with Gasteiger partial charge in [0.1, 0.15) is 0 Å². The topological polar surface area (TPSA) is 104 Å². The number of hydrogen-bond donors (Lipinski definition) is 1. The number of piperidine rings is 1. The smallest absolute Gasteiger partial charge is 0.233 e. The minimum Gasteiger partial charge on any atom is -0.504 e. The minimum atomic E-state index is -0.597. The minimum absolute atomic E-state index is 0.0673. The lowest BCUT2D eigenvalue weighted by Gasteiger charge is -2.42. The second-order valence-corrected chi connectivity index (χ2v) is 12.7. The van der Waals surface area contributed by atoms with Crippen LogP contribution >= 0.6 is 0 Å². The van der Waals surface area contributed by atoms with Crippen molar-refractivity contribution in [2.45, 2.75) is 51.1 Å². The maximum atomic E-state index is 14.2. The van der Waals surface area contributed by atoms with Crippen LogP contribution in [0, 0.1) is 17.8 Å². The van der Waals surface area contributed by atoms with Crippen LogP contribution in [-0.4, -0.2) is 64.5 Å². The van der Waals surface area contributed by atoms with E-state index in [1.165, 1.54) is 18.7 Å². The van der Waals surface area contributed by atoms with Crippen LogP contribution in [0.1, 0.15) is 49.7 Å². The number of likely N-dealkylation sites (tertiary alicyclic amines) is 2. The monoisotopic (exact) mass is 592 g/mol. The van der Waals surface area contributed by atoms with E-state index in [0.717, 1.165) is 38.0 Å². The summed E-state index contributed by atoms with van der Waals surface area (Å²) in [5.41, 5.74) is 3.99. The molecule has 2 aliphatic heterocycles. The first-order valence-electron chi connectivity index (χ1n) is 15.5. The van der Waals surface area contributed by atoms with Gasteiger partial charge >= 0.3 is 0 Å². The molecule has 8 heteroatoms. The van der Waals surface area contributed by atoms with Crippen LogP contribution in [0.25, 0.3) is 0 Å². The Morgan fingerprint density at radius 2 is 1.70 bits per heavy atom. The van der Waals surface area contributed by atoms with Crippen molar-refractivity contribution in [3.8, 4) is 11.5 Å². The highest BCUT2D eigenvalue weighted by atomic mass is 16.5. The molecule has 2 aromatic carbocycles. The number of rotatable bonds is 5. The third-order valence-electron chi connectivity index (χ3n) is 10.3. The first kappa shape index (κ1) is 28.5. The number of methoxy groups -OCH3 is 1. The fourth-order valence-corrected chi connectivity index (χ4v) is 8.19. The fourth-order valence-electron chi connectivity index (χ4n) is 8.19. The van der Waals surface area contributed by atoms with Gasteiger partial charge in [-0.15, -0.1) is 0 Å². The van der Waals surface area contributed by atoms with E-state index in [2.05, 4.69) is 17.0 Å². The quantitative estimate of drug-likeness (QED) is 0.310. The Labute approximate surface area is 256 Å². The molecule has 2 saturated heterocycles. The summed E-state index contributed by atoms with van der Waals surface area (Å²) in [5.74, 6) is -2.49. The Kier molecular flexibility index (Phi) is 7.12. The van der Waals surface area contributed by atoms with E-state index in [0.29, 0.717) is 34.5 Å². The second-order valence-electron chi connectivity index (χ2n) is 12.7. The maximum Gasteiger partial charge on any atom is 0.233 e. The molecule has 0 aromatic heterocycles. The van der Waals surface area contributed by atoms with Crippen LogP contribution in [0.3, 0.4) is 0 Å². The van der Waals surface area contributed by atoms with Crippen LogP contribution in [-0.2, 0) is 25.7 Å². The summed E-state index contributed by atoms with van der Waals surface area (Å²) in [5, 5.41) is 10.7. The first-order chi connectivity index (χ1) is 21.3. The average molecular weight is 593 g/mol. The highest BCUT2D eigenvalue weighted by Crippen LogP contribution is 2.56. The molecule has 2 heterocycles. The molecule has 0 radical (unpaired) electrons. The summed E-state index contributed by atoms with van der Waals surface area (Å²) in [6, 6.07) is 15.2. The van der Waals surface area contributed by atoms with Crippen LogP contribution in [0.5, 0.6) is 11.5 Å². The predicted octanol–water partition coefficient (Wildman–Crippen LogP) is 4.49. The zero-order chi connectivity index (χ0) is 30.7. The van der Waals surface area contributed by atoms with Crippen LogP contribution in [0.2, 0.25) is 0 Å². The third-order valence-corrected chi connectivity index (χ3v) is 10.3. The maximum absolute atomic E-state index is 14.2. The Balaban J connectivity index is 1.19. The molecule has 2 amide bonds. The highest BCUT2D eigenvalue weighted by Gasteiger charge is 2.57. The van der Waals surface area contributed by atoms with Crippen molar-refractivity contribution >= 4 is 23.4 Å². The molecule has 0 bridgehead atoms. The van der Waals surface area contributed by atoms with Crippen molar-refractivity contribution in [3.05, 3.63) is 94.1 Å². The lowest BCUT2D eigenvalue weighted by molar-refractivity contribution is -0.144. The van der Waals surface area contributed by atoms with Gasteiger partial charge in [0.15, 0.2) is 23.1 Å². The normalized spacial score (nSPS) is 27.5. The summed E-state index contributed by atoms with van der Waals surface area (Å²) in [4.78, 5) is 59.0. The van der Waals surface area contributed by atoms with Gasteiger partial charge in [-0.25, -0.2) is 0 Å². The number of carbonyl (C=O) groups is 4. The molecule has 2 aromatic rings. The number of ether oxygens (including phenoxy) is 1. The molecule has 226 valence electrons. The number of fused-ring (bicyclic) bond motifs is 3. The molecule has 0 saturated carbocycles. The predicted molar refractivity (Wildman–Crippen MR) is 163 cm³/mol. The van der Waals surface area contributed by atoms with Crippen LogP contribution in [0.4, 0.5) is 0 Å². The molecular weight excluding hydrogens is 556 g/mol. The summed E-state index contributed by atoms with van der Waals surface area (Å²) < 4.78 is 5.25. The number of hydrogen-bond acceptors (Lipinski definition) is 7. The summed E-state index contributed by atoms with van der Waals surface area (Å²) >= 11 is 0. The fraction of sp³-hybridized carbons (Fsp3) is 0.389. The van der Waals surface area contributed by atoms with E-state index < -0.39 is 17.8 Å². The van der Waals surface area contributed by atoms with Gasteiger partial charge in [-0.3, -0.25) is 29.0 Å². The summed E-state index contributed by atoms with van der Waals surface area (Å²) in [7, 11) is 1.47. The molecule has 4 unspecified atom stereocenters. The number of phenolic OH excluding ortho intramolecular Hbond substituents is 1. The summed E-state index contributed by atoms with van der Waals surface area (Å²) in [6.45, 7) is 4.10. The largest absolute Gasteiger partial charge is 0.504 e. The van der Waals surface area contributed by atoms with Crippen LogP contribution in [0.15, 0.2) is 83.0 Å². The standard InChI is InChI=1S/C36H36N2O6/c1-20-16-28(39)27-18-26-24(31(33(27)34(20)41)22-8-11-30(44-2)29(40)17-22)9-10-25-32(26)36(43)38(35(25)42)23-12-14-37(15-13-23)19-21-6-4-3-5-7-21/h3-9,11,16-17,23,25-26,31-32,40H,10,12-15,18-19H2,1-2H3. The van der Waals surface area contributed by atoms with E-state index in [1.807, 2.05) is 24.3 Å². The molecule has 7 rings (SSSR count). The Hall–Kier alpha value is -4.30. The van der Waals surface area contributed by atoms with Gasteiger partial charge in [0.25, 0.3) is 0 Å². The second kappa shape index (κ2) is 11.0. The van der Waals surface area contributed by atoms with Crippen molar-refractivity contribution in [1.29, 1.82) is 0 Å². The van der Waals surface area contributed by atoms with Gasteiger partial charge in [-0.05, 0) is 67.9 Å². The lowest BCUT2D eigenvalue weighted by atomic mass is 9.59. The number of Topliss-reactive ketones (excluding diaryl/α,β-unsaturated/α-hetero) is 1. The number of imide groups is 1. The number of aromatic hydroxyl groups is 1.